The van der Waals surface area contributed by atoms with Crippen LogP contribution in [0.1, 0.15) is 80.1 Å². The van der Waals surface area contributed by atoms with E-state index >= 15 is 0 Å². The first kappa shape index (κ1) is 25.1. The quantitative estimate of drug-likeness (QED) is 0.603. The SMILES string of the molecule is CC(C)[C@@H]1CC[C@@H](C)C[C@@H]1OC(=O)[C@H](O)[C@@H](O)C(=O)O[C@@H]1C[C@H](C)CC[C@H]1C(C)C. The highest BCUT2D eigenvalue weighted by atomic mass is 16.6. The number of hydrogen-bond donors (Lipinski definition) is 2. The predicted molar refractivity (Wildman–Crippen MR) is 114 cm³/mol. The maximum atomic E-state index is 12.5. The smallest absolute Gasteiger partial charge is 0.338 e. The summed E-state index contributed by atoms with van der Waals surface area (Å²) in [5.74, 6) is 0.126. The van der Waals surface area contributed by atoms with E-state index in [0.29, 0.717) is 23.7 Å². The maximum absolute atomic E-state index is 12.5. The lowest BCUT2D eigenvalue weighted by Gasteiger charge is -2.38. The lowest BCUT2D eigenvalue weighted by atomic mass is 9.75. The molecule has 6 heteroatoms. The number of hydrogen-bond acceptors (Lipinski definition) is 6. The fourth-order valence-electron chi connectivity index (χ4n) is 5.20. The van der Waals surface area contributed by atoms with Crippen LogP contribution in [0.3, 0.4) is 0 Å². The molecule has 0 saturated heterocycles. The number of carbonyl (C=O) groups excluding carboxylic acids is 2. The summed E-state index contributed by atoms with van der Waals surface area (Å²) in [6.45, 7) is 12.6. The first-order valence-corrected chi connectivity index (χ1v) is 11.8. The van der Waals surface area contributed by atoms with E-state index in [1.165, 1.54) is 0 Å². The molecule has 2 fully saturated rings. The van der Waals surface area contributed by atoms with Crippen molar-refractivity contribution in [1.82, 2.24) is 0 Å². The molecule has 0 aromatic heterocycles. The molecule has 174 valence electrons. The van der Waals surface area contributed by atoms with Crippen molar-refractivity contribution in [3.8, 4) is 0 Å². The van der Waals surface area contributed by atoms with E-state index in [1.807, 2.05) is 0 Å². The molecule has 2 N–H and O–H groups in total. The van der Waals surface area contributed by atoms with Gasteiger partial charge in [-0.1, -0.05) is 54.4 Å². The minimum Gasteiger partial charge on any atom is -0.460 e. The van der Waals surface area contributed by atoms with Gasteiger partial charge < -0.3 is 19.7 Å². The highest BCUT2D eigenvalue weighted by molar-refractivity contribution is 5.85. The van der Waals surface area contributed by atoms with Gasteiger partial charge in [-0.2, -0.15) is 0 Å². The van der Waals surface area contributed by atoms with Crippen LogP contribution in [0, 0.1) is 35.5 Å². The van der Waals surface area contributed by atoms with Crippen molar-refractivity contribution in [2.45, 2.75) is 104 Å². The van der Waals surface area contributed by atoms with Crippen LogP contribution in [0.4, 0.5) is 0 Å². The van der Waals surface area contributed by atoms with E-state index in [2.05, 4.69) is 41.5 Å². The molecule has 2 saturated carbocycles. The zero-order valence-electron chi connectivity index (χ0n) is 19.5. The highest BCUT2D eigenvalue weighted by Crippen LogP contribution is 2.37. The number of carbonyl (C=O) groups is 2. The Labute approximate surface area is 181 Å². The van der Waals surface area contributed by atoms with Crippen LogP contribution < -0.4 is 0 Å². The van der Waals surface area contributed by atoms with Crippen molar-refractivity contribution < 1.29 is 29.3 Å². The average Bonchev–Trinajstić information content (AvgIpc) is 2.66. The van der Waals surface area contributed by atoms with Gasteiger partial charge in [0, 0.05) is 0 Å². The maximum Gasteiger partial charge on any atom is 0.338 e. The van der Waals surface area contributed by atoms with Crippen molar-refractivity contribution >= 4 is 11.9 Å². The lowest BCUT2D eigenvalue weighted by molar-refractivity contribution is -0.185. The molecule has 30 heavy (non-hydrogen) atoms. The first-order valence-electron chi connectivity index (χ1n) is 11.8. The largest absolute Gasteiger partial charge is 0.460 e. The third-order valence-electron chi connectivity index (χ3n) is 7.24. The molecule has 0 amide bonds. The molecule has 0 aromatic rings. The molecule has 6 nitrogen and oxygen atoms in total. The van der Waals surface area contributed by atoms with Gasteiger partial charge >= 0.3 is 11.9 Å². The molecule has 0 bridgehead atoms. The van der Waals surface area contributed by atoms with Crippen LogP contribution in [0.2, 0.25) is 0 Å². The minimum atomic E-state index is -1.93. The van der Waals surface area contributed by atoms with Gasteiger partial charge in [0.15, 0.2) is 12.2 Å². The summed E-state index contributed by atoms with van der Waals surface area (Å²) in [6, 6.07) is 0. The summed E-state index contributed by atoms with van der Waals surface area (Å²) >= 11 is 0. The third-order valence-corrected chi connectivity index (χ3v) is 7.24. The molecular formula is C24H42O6. The lowest BCUT2D eigenvalue weighted by Crippen LogP contribution is -2.47. The summed E-state index contributed by atoms with van der Waals surface area (Å²) < 4.78 is 11.2. The van der Waals surface area contributed by atoms with E-state index in [4.69, 9.17) is 9.47 Å². The number of esters is 2. The molecule has 0 unspecified atom stereocenters. The van der Waals surface area contributed by atoms with E-state index in [9.17, 15) is 19.8 Å². The van der Waals surface area contributed by atoms with Crippen LogP contribution in [0.5, 0.6) is 0 Å². The number of rotatable bonds is 7. The third kappa shape index (κ3) is 6.43. The molecule has 0 heterocycles. The Morgan fingerprint density at radius 1 is 0.700 bits per heavy atom. The van der Waals surface area contributed by atoms with Crippen molar-refractivity contribution in [2.75, 3.05) is 0 Å². The van der Waals surface area contributed by atoms with Gasteiger partial charge in [-0.25, -0.2) is 9.59 Å². The van der Waals surface area contributed by atoms with Crippen molar-refractivity contribution in [2.24, 2.45) is 35.5 Å². The number of aliphatic hydroxyl groups is 2. The number of ether oxygens (including phenoxy) is 2. The Kier molecular flexibility index (Phi) is 9.16. The zero-order chi connectivity index (χ0) is 22.6. The summed E-state index contributed by atoms with van der Waals surface area (Å²) in [4.78, 5) is 25.0. The second kappa shape index (κ2) is 10.9. The minimum absolute atomic E-state index is 0.219. The van der Waals surface area contributed by atoms with Crippen LogP contribution in [0.15, 0.2) is 0 Å². The Hall–Kier alpha value is -1.14. The standard InChI is InChI=1S/C24H42O6/c1-13(2)17-9-7-15(5)11-19(17)29-23(27)21(25)22(26)24(28)30-20-12-16(6)8-10-18(20)14(3)4/h13-22,25-26H,7-12H2,1-6H3/t15-,16-,17+,18+,19-,20+,21-,22-/m1/s1. The van der Waals surface area contributed by atoms with Gasteiger partial charge in [-0.05, 0) is 61.2 Å². The highest BCUT2D eigenvalue weighted by Gasteiger charge is 2.40. The predicted octanol–water partition coefficient (Wildman–Crippen LogP) is 3.72. The fourth-order valence-corrected chi connectivity index (χ4v) is 5.20. The molecule has 2 aliphatic rings. The van der Waals surface area contributed by atoms with E-state index < -0.39 is 24.1 Å². The second-order valence-corrected chi connectivity index (χ2v) is 10.5. The van der Waals surface area contributed by atoms with Gasteiger partial charge in [0.1, 0.15) is 12.2 Å². The second-order valence-electron chi connectivity index (χ2n) is 10.5. The fraction of sp³-hybridized carbons (Fsp3) is 0.917. The topological polar surface area (TPSA) is 93.1 Å². The van der Waals surface area contributed by atoms with Crippen molar-refractivity contribution in [3.63, 3.8) is 0 Å². The summed E-state index contributed by atoms with van der Waals surface area (Å²) in [7, 11) is 0. The normalized spacial score (nSPS) is 34.5. The summed E-state index contributed by atoms with van der Waals surface area (Å²) in [5, 5.41) is 20.6. The van der Waals surface area contributed by atoms with E-state index in [1.54, 1.807) is 0 Å². The average molecular weight is 427 g/mol. The Morgan fingerprint density at radius 2 is 1.03 bits per heavy atom. The Balaban J connectivity index is 1.96. The van der Waals surface area contributed by atoms with Crippen LogP contribution in [-0.2, 0) is 19.1 Å². The molecular weight excluding hydrogens is 384 g/mol. The van der Waals surface area contributed by atoms with Gasteiger partial charge in [0.2, 0.25) is 0 Å². The molecule has 0 spiro atoms. The van der Waals surface area contributed by atoms with Crippen LogP contribution in [-0.4, -0.2) is 46.6 Å². The number of aliphatic hydroxyl groups excluding tert-OH is 2. The van der Waals surface area contributed by atoms with Gasteiger partial charge in [0.25, 0.3) is 0 Å². The Morgan fingerprint density at radius 3 is 1.33 bits per heavy atom. The Bertz CT molecular complexity index is 524. The molecule has 2 aliphatic carbocycles. The van der Waals surface area contributed by atoms with Crippen LogP contribution >= 0.6 is 0 Å². The van der Waals surface area contributed by atoms with Gasteiger partial charge in [-0.15, -0.1) is 0 Å². The zero-order valence-corrected chi connectivity index (χ0v) is 19.5. The molecule has 8 atom stereocenters. The molecule has 0 aliphatic heterocycles. The van der Waals surface area contributed by atoms with Crippen molar-refractivity contribution in [3.05, 3.63) is 0 Å². The summed E-state index contributed by atoms with van der Waals surface area (Å²) in [5.41, 5.74) is 0. The van der Waals surface area contributed by atoms with Gasteiger partial charge in [0.05, 0.1) is 0 Å². The molecule has 2 rings (SSSR count). The van der Waals surface area contributed by atoms with Crippen LogP contribution in [0.25, 0.3) is 0 Å². The van der Waals surface area contributed by atoms with E-state index in [-0.39, 0.29) is 24.0 Å². The monoisotopic (exact) mass is 426 g/mol. The summed E-state index contributed by atoms with van der Waals surface area (Å²) in [6.07, 6.45) is 1.11. The first-order chi connectivity index (χ1) is 14.0. The van der Waals surface area contributed by atoms with Gasteiger partial charge in [-0.3, -0.25) is 0 Å². The molecule has 0 radical (unpaired) electrons. The van der Waals surface area contributed by atoms with Crippen molar-refractivity contribution in [1.29, 1.82) is 0 Å². The molecule has 0 aromatic carbocycles. The van der Waals surface area contributed by atoms with E-state index in [0.717, 1.165) is 38.5 Å².